The van der Waals surface area contributed by atoms with E-state index < -0.39 is 0 Å². The van der Waals surface area contributed by atoms with E-state index in [9.17, 15) is 4.79 Å². The predicted molar refractivity (Wildman–Crippen MR) is 91.1 cm³/mol. The number of aromatic nitrogens is 2. The van der Waals surface area contributed by atoms with Gasteiger partial charge in [-0.1, -0.05) is 0 Å². The van der Waals surface area contributed by atoms with E-state index in [1.807, 2.05) is 37.1 Å². The van der Waals surface area contributed by atoms with Crippen LogP contribution in [-0.4, -0.2) is 34.4 Å². The fourth-order valence-electron chi connectivity index (χ4n) is 3.12. The number of nitrogens with zero attached hydrogens (tertiary/aromatic N) is 3. The van der Waals surface area contributed by atoms with Crippen LogP contribution < -0.4 is 0 Å². The Kier molecular flexibility index (Phi) is 4.32. The average Bonchev–Trinajstić information content (AvgIpc) is 3.00. The fourth-order valence-corrected chi connectivity index (χ4v) is 5.10. The van der Waals surface area contributed by atoms with Gasteiger partial charge in [0.2, 0.25) is 0 Å². The molecule has 1 aliphatic rings. The summed E-state index contributed by atoms with van der Waals surface area (Å²) in [5.74, 6) is 0.458. The molecule has 4 nitrogen and oxygen atoms in total. The van der Waals surface area contributed by atoms with Gasteiger partial charge in [-0.3, -0.25) is 4.79 Å². The summed E-state index contributed by atoms with van der Waals surface area (Å²) in [7, 11) is 1.89. The number of rotatable bonds is 3. The van der Waals surface area contributed by atoms with Gasteiger partial charge in [-0.25, -0.2) is 9.97 Å². The summed E-state index contributed by atoms with van der Waals surface area (Å²) in [6, 6.07) is 0. The average molecular weight is 335 g/mol. The second kappa shape index (κ2) is 6.08. The number of thiazole rings is 2. The van der Waals surface area contributed by atoms with Crippen molar-refractivity contribution in [2.75, 3.05) is 13.6 Å². The molecule has 2 aromatic rings. The van der Waals surface area contributed by atoms with Gasteiger partial charge in [-0.05, 0) is 40.0 Å². The summed E-state index contributed by atoms with van der Waals surface area (Å²) in [6.07, 6.45) is 3.46. The highest BCUT2D eigenvalue weighted by atomic mass is 32.1. The Balaban J connectivity index is 1.76. The van der Waals surface area contributed by atoms with E-state index in [1.165, 1.54) is 28.3 Å². The normalized spacial score (nSPS) is 17.4. The number of fused-ring (bicyclic) bond motifs is 1. The van der Waals surface area contributed by atoms with Crippen molar-refractivity contribution >= 4 is 28.6 Å². The lowest BCUT2D eigenvalue weighted by atomic mass is 9.90. The van der Waals surface area contributed by atoms with Crippen LogP contribution in [0.1, 0.15) is 54.7 Å². The highest BCUT2D eigenvalue weighted by Crippen LogP contribution is 2.35. The van der Waals surface area contributed by atoms with Gasteiger partial charge in [0.1, 0.15) is 4.88 Å². The van der Waals surface area contributed by atoms with E-state index in [0.29, 0.717) is 5.92 Å². The molecule has 2 heterocycles. The minimum atomic E-state index is 0.0853. The lowest BCUT2D eigenvalue weighted by Gasteiger charge is -2.26. The van der Waals surface area contributed by atoms with Crippen LogP contribution in [0.25, 0.3) is 0 Å². The molecule has 0 aliphatic heterocycles. The maximum Gasteiger partial charge on any atom is 0.265 e. The number of carbonyl (C=O) groups is 1. The zero-order valence-corrected chi connectivity index (χ0v) is 15.1. The molecule has 0 fully saturated rings. The van der Waals surface area contributed by atoms with Crippen molar-refractivity contribution in [3.05, 3.63) is 31.2 Å². The summed E-state index contributed by atoms with van der Waals surface area (Å²) in [6.45, 7) is 6.66. The topological polar surface area (TPSA) is 46.1 Å². The molecular weight excluding hydrogens is 314 g/mol. The number of hydrogen-bond acceptors (Lipinski definition) is 5. The summed E-state index contributed by atoms with van der Waals surface area (Å²) in [4.78, 5) is 25.7. The third-order valence-corrected chi connectivity index (χ3v) is 6.22. The molecule has 3 rings (SSSR count). The van der Waals surface area contributed by atoms with E-state index in [1.54, 1.807) is 0 Å². The van der Waals surface area contributed by atoms with Crippen LogP contribution in [0, 0.1) is 20.8 Å². The third-order valence-electron chi connectivity index (χ3n) is 4.12. The van der Waals surface area contributed by atoms with Crippen molar-refractivity contribution in [1.29, 1.82) is 0 Å². The molecule has 0 radical (unpaired) electrons. The van der Waals surface area contributed by atoms with Gasteiger partial charge in [-0.15, -0.1) is 22.7 Å². The van der Waals surface area contributed by atoms with Gasteiger partial charge in [0.05, 0.1) is 21.4 Å². The zero-order valence-electron chi connectivity index (χ0n) is 13.5. The first kappa shape index (κ1) is 15.6. The molecule has 0 saturated heterocycles. The van der Waals surface area contributed by atoms with E-state index in [-0.39, 0.29) is 5.91 Å². The Labute approximate surface area is 139 Å². The molecule has 0 saturated carbocycles. The predicted octanol–water partition coefficient (Wildman–Crippen LogP) is 3.72. The molecule has 0 bridgehead atoms. The first-order valence-electron chi connectivity index (χ1n) is 7.61. The van der Waals surface area contributed by atoms with E-state index in [0.717, 1.165) is 40.0 Å². The number of carbonyl (C=O) groups excluding carboxylic acids is 1. The minimum absolute atomic E-state index is 0.0853. The Morgan fingerprint density at radius 2 is 1.95 bits per heavy atom. The number of amides is 1. The van der Waals surface area contributed by atoms with Crippen molar-refractivity contribution in [3.8, 4) is 0 Å². The van der Waals surface area contributed by atoms with Crippen LogP contribution in [0.2, 0.25) is 0 Å². The van der Waals surface area contributed by atoms with Crippen LogP contribution in [0.4, 0.5) is 0 Å². The largest absolute Gasteiger partial charge is 0.340 e. The Bertz CT molecular complexity index is 704. The quantitative estimate of drug-likeness (QED) is 0.859. The summed E-state index contributed by atoms with van der Waals surface area (Å²) in [5.41, 5.74) is 2.07. The van der Waals surface area contributed by atoms with E-state index in [4.69, 9.17) is 4.98 Å². The number of aryl methyl sites for hydroxylation is 4. The fraction of sp³-hybridized carbons (Fsp3) is 0.562. The van der Waals surface area contributed by atoms with E-state index >= 15 is 0 Å². The van der Waals surface area contributed by atoms with Crippen molar-refractivity contribution in [2.45, 2.75) is 46.0 Å². The molecule has 6 heteroatoms. The SMILES string of the molecule is Cc1nc2c(s1)CCC[C@H]2CN(C)C(=O)c1sc(C)nc1C. The van der Waals surface area contributed by atoms with Gasteiger partial charge in [-0.2, -0.15) is 0 Å². The van der Waals surface area contributed by atoms with Crippen LogP contribution in [0.5, 0.6) is 0 Å². The molecule has 0 N–H and O–H groups in total. The minimum Gasteiger partial charge on any atom is -0.340 e. The van der Waals surface area contributed by atoms with Gasteiger partial charge in [0.15, 0.2) is 0 Å². The monoisotopic (exact) mass is 335 g/mol. The molecule has 0 unspecified atom stereocenters. The molecular formula is C16H21N3OS2. The lowest BCUT2D eigenvalue weighted by molar-refractivity contribution is 0.0787. The Morgan fingerprint density at radius 1 is 1.23 bits per heavy atom. The smallest absolute Gasteiger partial charge is 0.265 e. The van der Waals surface area contributed by atoms with Gasteiger partial charge in [0.25, 0.3) is 5.91 Å². The molecule has 0 aromatic carbocycles. The highest BCUT2D eigenvalue weighted by Gasteiger charge is 2.27. The molecule has 22 heavy (non-hydrogen) atoms. The standard InChI is InChI=1S/C16H21N3OS2/c1-9-15(22-10(2)17-9)16(20)19(4)8-12-6-5-7-13-14(12)18-11(3)21-13/h12H,5-8H2,1-4H3/t12-/m0/s1. The molecule has 1 amide bonds. The van der Waals surface area contributed by atoms with E-state index in [2.05, 4.69) is 11.9 Å². The van der Waals surface area contributed by atoms with Crippen LogP contribution in [0.15, 0.2) is 0 Å². The first-order valence-corrected chi connectivity index (χ1v) is 9.24. The summed E-state index contributed by atoms with van der Waals surface area (Å²) >= 11 is 3.30. The number of hydrogen-bond donors (Lipinski definition) is 0. The van der Waals surface area contributed by atoms with Gasteiger partial charge >= 0.3 is 0 Å². The first-order chi connectivity index (χ1) is 10.5. The third kappa shape index (κ3) is 2.94. The Morgan fingerprint density at radius 3 is 2.64 bits per heavy atom. The molecule has 1 atom stereocenters. The van der Waals surface area contributed by atoms with Crippen molar-refractivity contribution in [3.63, 3.8) is 0 Å². The van der Waals surface area contributed by atoms with Gasteiger partial charge < -0.3 is 4.90 Å². The molecule has 0 spiro atoms. The van der Waals surface area contributed by atoms with Crippen LogP contribution >= 0.6 is 22.7 Å². The molecule has 118 valence electrons. The highest BCUT2D eigenvalue weighted by molar-refractivity contribution is 7.13. The van der Waals surface area contributed by atoms with Crippen molar-refractivity contribution in [1.82, 2.24) is 14.9 Å². The van der Waals surface area contributed by atoms with Crippen LogP contribution in [0.3, 0.4) is 0 Å². The summed E-state index contributed by atoms with van der Waals surface area (Å²) in [5, 5.41) is 2.09. The lowest BCUT2D eigenvalue weighted by Crippen LogP contribution is -2.32. The number of likely N-dealkylation sites (N-methyl/N-ethyl adjacent to an activating group) is 1. The maximum atomic E-state index is 12.6. The second-order valence-corrected chi connectivity index (χ2v) is 8.45. The van der Waals surface area contributed by atoms with Crippen molar-refractivity contribution < 1.29 is 4.79 Å². The molecule has 2 aromatic heterocycles. The van der Waals surface area contributed by atoms with Crippen molar-refractivity contribution in [2.24, 2.45) is 0 Å². The maximum absolute atomic E-state index is 12.6. The second-order valence-electron chi connectivity index (χ2n) is 5.96. The molecule has 1 aliphatic carbocycles. The zero-order chi connectivity index (χ0) is 15.9. The summed E-state index contributed by atoms with van der Waals surface area (Å²) < 4.78 is 0. The van der Waals surface area contributed by atoms with Crippen LogP contribution in [-0.2, 0) is 6.42 Å². The Hall–Kier alpha value is -1.27. The van der Waals surface area contributed by atoms with Gasteiger partial charge in [0, 0.05) is 24.4 Å².